The summed E-state index contributed by atoms with van der Waals surface area (Å²) < 4.78 is 56.6. The summed E-state index contributed by atoms with van der Waals surface area (Å²) in [5.41, 5.74) is -1.82. The maximum absolute atomic E-state index is 13.8. The van der Waals surface area contributed by atoms with Crippen LogP contribution in [0.15, 0.2) is 30.0 Å². The molecule has 2 unspecified atom stereocenters. The van der Waals surface area contributed by atoms with Gasteiger partial charge in [0.1, 0.15) is 22.1 Å². The van der Waals surface area contributed by atoms with Crippen LogP contribution in [0.5, 0.6) is 17.2 Å². The van der Waals surface area contributed by atoms with Gasteiger partial charge in [0.15, 0.2) is 23.2 Å². The summed E-state index contributed by atoms with van der Waals surface area (Å²) in [6, 6.07) is 3.06. The summed E-state index contributed by atoms with van der Waals surface area (Å²) in [6.45, 7) is 1.72. The summed E-state index contributed by atoms with van der Waals surface area (Å²) in [5, 5.41) is 5.15. The van der Waals surface area contributed by atoms with Gasteiger partial charge in [-0.2, -0.15) is 0 Å². The van der Waals surface area contributed by atoms with E-state index in [0.717, 1.165) is 6.07 Å². The first-order chi connectivity index (χ1) is 17.5. The fraction of sp³-hybridized carbons (Fsp3) is 0.320. The van der Waals surface area contributed by atoms with E-state index in [-0.39, 0.29) is 47.2 Å². The molecular weight excluding hydrogens is 517 g/mol. The van der Waals surface area contributed by atoms with Crippen LogP contribution < -0.4 is 24.8 Å². The second kappa shape index (κ2) is 9.97. The molecule has 0 saturated carbocycles. The number of carbonyl (C=O) groups excluding carboxylic acids is 3. The molecule has 1 aliphatic heterocycles. The minimum atomic E-state index is -1.83. The van der Waals surface area contributed by atoms with Crippen molar-refractivity contribution in [3.8, 4) is 17.2 Å². The molecule has 12 heteroatoms. The normalized spacial score (nSPS) is 20.3. The van der Waals surface area contributed by atoms with Crippen molar-refractivity contribution in [1.29, 1.82) is 0 Å². The van der Waals surface area contributed by atoms with Gasteiger partial charge >= 0.3 is 0 Å². The number of allylic oxidation sites excluding steroid dienone is 1. The number of benzene rings is 2. The predicted molar refractivity (Wildman–Crippen MR) is 127 cm³/mol. The van der Waals surface area contributed by atoms with E-state index in [1.807, 2.05) is 0 Å². The average molecular weight is 539 g/mol. The summed E-state index contributed by atoms with van der Waals surface area (Å²) in [6.07, 6.45) is 1.28. The lowest BCUT2D eigenvalue weighted by atomic mass is 9.74. The maximum Gasteiger partial charge on any atom is 0.236 e. The number of Topliss-reactive ketones (excluding diaryl/α,β-unsaturated/α-hetero) is 1. The average Bonchev–Trinajstić information content (AvgIpc) is 3.18. The molecule has 2 atom stereocenters. The smallest absolute Gasteiger partial charge is 0.236 e. The number of halogens is 4. The summed E-state index contributed by atoms with van der Waals surface area (Å²) in [7, 11) is 2.76. The van der Waals surface area contributed by atoms with Gasteiger partial charge in [-0.25, -0.2) is 13.2 Å². The van der Waals surface area contributed by atoms with E-state index in [1.165, 1.54) is 26.4 Å². The molecule has 4 rings (SSSR count). The van der Waals surface area contributed by atoms with E-state index < -0.39 is 52.1 Å². The number of hydrogen-bond donors (Lipinski definition) is 2. The molecule has 0 bridgehead atoms. The Kier molecular flexibility index (Phi) is 7.09. The van der Waals surface area contributed by atoms with Crippen molar-refractivity contribution in [3.05, 3.63) is 58.0 Å². The number of hydrogen-bond acceptors (Lipinski definition) is 7. The third-order valence-corrected chi connectivity index (χ3v) is 6.68. The molecule has 2 aromatic carbocycles. The molecule has 2 aromatic rings. The van der Waals surface area contributed by atoms with Crippen LogP contribution >= 0.6 is 11.6 Å². The van der Waals surface area contributed by atoms with Gasteiger partial charge in [0.2, 0.25) is 23.1 Å². The van der Waals surface area contributed by atoms with Gasteiger partial charge < -0.3 is 24.8 Å². The Hall–Kier alpha value is -3.73. The number of nitrogens with one attached hydrogen (secondary N) is 2. The Balaban J connectivity index is 1.46. The first-order valence-corrected chi connectivity index (χ1v) is 11.5. The topological polar surface area (TPSA) is 103 Å². The minimum Gasteiger partial charge on any atom is -0.496 e. The van der Waals surface area contributed by atoms with Gasteiger partial charge in [-0.05, 0) is 18.6 Å². The van der Waals surface area contributed by atoms with Gasteiger partial charge in [-0.15, -0.1) is 0 Å². The lowest BCUT2D eigenvalue weighted by Gasteiger charge is -2.35. The van der Waals surface area contributed by atoms with Crippen LogP contribution in [-0.2, 0) is 9.59 Å². The van der Waals surface area contributed by atoms with Crippen LogP contribution in [-0.4, -0.2) is 43.8 Å². The van der Waals surface area contributed by atoms with Gasteiger partial charge in [0, 0.05) is 36.7 Å². The molecule has 0 fully saturated rings. The van der Waals surface area contributed by atoms with E-state index in [1.54, 1.807) is 6.92 Å². The number of rotatable bonds is 7. The zero-order chi connectivity index (χ0) is 27.1. The van der Waals surface area contributed by atoms with E-state index in [4.69, 9.17) is 25.8 Å². The first kappa shape index (κ1) is 26.3. The van der Waals surface area contributed by atoms with Gasteiger partial charge in [-0.1, -0.05) is 18.5 Å². The molecule has 37 heavy (non-hydrogen) atoms. The maximum atomic E-state index is 13.8. The van der Waals surface area contributed by atoms with E-state index in [9.17, 15) is 27.6 Å². The highest BCUT2D eigenvalue weighted by atomic mass is 35.5. The lowest BCUT2D eigenvalue weighted by Crippen LogP contribution is -2.55. The number of ketones is 2. The van der Waals surface area contributed by atoms with Crippen LogP contribution in [0.2, 0.25) is 5.02 Å². The molecule has 0 aromatic heterocycles. The fourth-order valence-electron chi connectivity index (χ4n) is 4.42. The van der Waals surface area contributed by atoms with Gasteiger partial charge in [0.25, 0.3) is 0 Å². The Morgan fingerprint density at radius 1 is 1.16 bits per heavy atom. The number of ether oxygens (including phenoxy) is 3. The van der Waals surface area contributed by atoms with Gasteiger partial charge in [0.05, 0.1) is 19.9 Å². The Morgan fingerprint density at radius 3 is 2.51 bits per heavy atom. The Bertz CT molecular complexity index is 1350. The van der Waals surface area contributed by atoms with Crippen LogP contribution in [0.25, 0.3) is 0 Å². The summed E-state index contributed by atoms with van der Waals surface area (Å²) in [4.78, 5) is 38.9. The zero-order valence-electron chi connectivity index (χ0n) is 20.0. The highest BCUT2D eigenvalue weighted by Gasteiger charge is 2.60. The molecule has 2 N–H and O–H groups in total. The largest absolute Gasteiger partial charge is 0.496 e. The molecule has 2 aliphatic rings. The molecule has 196 valence electrons. The zero-order valence-corrected chi connectivity index (χ0v) is 20.7. The van der Waals surface area contributed by atoms with E-state index in [0.29, 0.717) is 11.8 Å². The van der Waals surface area contributed by atoms with Crippen molar-refractivity contribution >= 4 is 34.8 Å². The number of methoxy groups -OCH3 is 2. The standard InChI is InChI=1S/C25H22ClF3N2O6/c1-11-8-12(30-7-6-18(33)31-14-5-4-13(27)21(28)22(14)29)9-17(32)25(11)24(34)19-15(35-2)10-16(36-3)20(26)23(19)37-25/h4-5,9-11,30H,6-8H2,1-3H3,(H,31,33). The highest BCUT2D eigenvalue weighted by Crippen LogP contribution is 2.52. The van der Waals surface area contributed by atoms with Crippen LogP contribution in [0, 0.1) is 23.4 Å². The predicted octanol–water partition coefficient (Wildman–Crippen LogP) is 4.20. The summed E-state index contributed by atoms with van der Waals surface area (Å²) in [5.74, 6) is -6.64. The van der Waals surface area contributed by atoms with Crippen molar-refractivity contribution in [3.63, 3.8) is 0 Å². The van der Waals surface area contributed by atoms with Crippen LogP contribution in [0.4, 0.5) is 18.9 Å². The molecule has 1 heterocycles. The Labute approximate surface area is 214 Å². The molecule has 1 amide bonds. The van der Waals surface area contributed by atoms with E-state index in [2.05, 4.69) is 10.6 Å². The molecule has 8 nitrogen and oxygen atoms in total. The van der Waals surface area contributed by atoms with Crippen molar-refractivity contribution in [2.45, 2.75) is 25.4 Å². The third-order valence-electron chi connectivity index (χ3n) is 6.32. The fourth-order valence-corrected chi connectivity index (χ4v) is 4.69. The summed E-state index contributed by atoms with van der Waals surface area (Å²) >= 11 is 6.36. The number of fused-ring (bicyclic) bond motifs is 1. The third kappa shape index (κ3) is 4.37. The van der Waals surface area contributed by atoms with Crippen molar-refractivity contribution in [1.82, 2.24) is 5.32 Å². The van der Waals surface area contributed by atoms with Crippen LogP contribution in [0.3, 0.4) is 0 Å². The molecule has 1 spiro atoms. The van der Waals surface area contributed by atoms with E-state index >= 15 is 0 Å². The number of anilines is 1. The SMILES string of the molecule is COc1cc(OC)c2c(c1Cl)OC1(C(=O)C=C(NCCC(=O)Nc3ccc(F)c(F)c3F)CC1C)C2=O. The van der Waals surface area contributed by atoms with Gasteiger partial charge in [-0.3, -0.25) is 14.4 Å². The second-order valence-corrected chi connectivity index (χ2v) is 8.93. The number of carbonyl (C=O) groups is 3. The van der Waals surface area contributed by atoms with Crippen molar-refractivity contribution in [2.24, 2.45) is 5.92 Å². The first-order valence-electron chi connectivity index (χ1n) is 11.2. The molecular formula is C25H22ClF3N2O6. The molecule has 0 saturated heterocycles. The number of amides is 1. The second-order valence-electron chi connectivity index (χ2n) is 8.55. The molecule has 1 aliphatic carbocycles. The lowest BCUT2D eigenvalue weighted by molar-refractivity contribution is -0.129. The van der Waals surface area contributed by atoms with Crippen LogP contribution in [0.1, 0.15) is 30.1 Å². The quantitative estimate of drug-likeness (QED) is 0.402. The minimum absolute atomic E-state index is 0.00834. The highest BCUT2D eigenvalue weighted by molar-refractivity contribution is 6.36. The monoisotopic (exact) mass is 538 g/mol. The molecule has 0 radical (unpaired) electrons. The van der Waals surface area contributed by atoms with Crippen molar-refractivity contribution < 1.29 is 41.8 Å². The van der Waals surface area contributed by atoms with Crippen molar-refractivity contribution in [2.75, 3.05) is 26.1 Å². The Morgan fingerprint density at radius 2 is 1.86 bits per heavy atom.